The van der Waals surface area contributed by atoms with Gasteiger partial charge in [-0.15, -0.1) is 0 Å². The van der Waals surface area contributed by atoms with Gasteiger partial charge in [0.1, 0.15) is 18.0 Å². The maximum absolute atomic E-state index is 12.2. The predicted octanol–water partition coefficient (Wildman–Crippen LogP) is 7.25. The van der Waals surface area contributed by atoms with Crippen molar-refractivity contribution in [3.63, 3.8) is 0 Å². The summed E-state index contributed by atoms with van der Waals surface area (Å²) in [6.45, 7) is 6.43. The molecule has 0 aliphatic heterocycles. The molecule has 0 unspecified atom stereocenters. The Bertz CT molecular complexity index is 1120. The smallest absolute Gasteiger partial charge is 0.412 e. The van der Waals surface area contributed by atoms with Crippen LogP contribution in [-0.2, 0) is 22.7 Å². The van der Waals surface area contributed by atoms with Crippen LogP contribution in [0.25, 0.3) is 0 Å². The zero-order valence-corrected chi connectivity index (χ0v) is 21.4. The van der Waals surface area contributed by atoms with E-state index < -0.39 is 11.7 Å². The summed E-state index contributed by atoms with van der Waals surface area (Å²) in [7, 11) is 0. The zero-order valence-electron chi connectivity index (χ0n) is 21.4. The fraction of sp³-hybridized carbons (Fsp3) is 0.400. The van der Waals surface area contributed by atoms with Gasteiger partial charge in [-0.3, -0.25) is 10.3 Å². The summed E-state index contributed by atoms with van der Waals surface area (Å²) in [4.78, 5) is 16.6. The van der Waals surface area contributed by atoms with E-state index in [0.29, 0.717) is 30.5 Å². The number of pyridine rings is 1. The van der Waals surface area contributed by atoms with Crippen molar-refractivity contribution >= 4 is 11.8 Å². The van der Waals surface area contributed by atoms with E-state index in [2.05, 4.69) is 40.6 Å². The number of hydrogen-bond acceptors (Lipinski definition) is 5. The van der Waals surface area contributed by atoms with E-state index in [0.717, 1.165) is 31.4 Å². The number of carbonyl (C=O) groups excluding carboxylic acids is 1. The van der Waals surface area contributed by atoms with Crippen LogP contribution in [0.15, 0.2) is 72.9 Å². The molecule has 6 nitrogen and oxygen atoms in total. The number of rotatable bonds is 8. The van der Waals surface area contributed by atoms with Gasteiger partial charge in [0.25, 0.3) is 0 Å². The Morgan fingerprint density at radius 1 is 0.917 bits per heavy atom. The van der Waals surface area contributed by atoms with Gasteiger partial charge in [-0.05, 0) is 81.7 Å². The fourth-order valence-electron chi connectivity index (χ4n) is 4.50. The number of para-hydroxylation sites is 1. The van der Waals surface area contributed by atoms with Crippen LogP contribution >= 0.6 is 0 Å². The molecule has 0 spiro atoms. The molecular weight excluding hydrogens is 452 g/mol. The highest BCUT2D eigenvalue weighted by atomic mass is 16.6. The minimum absolute atomic E-state index is 0.162. The standard InChI is InChI=1S/C30H36N2O4/c1-30(2,3)36-29(33)32-26-13-9-19-31-27(26)21-34-24-17-15-23(16-18-24)25-12-7-8-14-28(25)35-20-22-10-5-4-6-11-22/h4-14,19,23-24H,15-18,20-21H2,1-3H3,(H,32,33)/t23-,24+. The lowest BCUT2D eigenvalue weighted by atomic mass is 9.82. The SMILES string of the molecule is CC(C)(C)OC(=O)Nc1cccnc1CO[C@H]1CC[C@@H](c2ccccc2OCc2ccccc2)CC1. The number of anilines is 1. The van der Waals surface area contributed by atoms with Crippen molar-refractivity contribution in [1.82, 2.24) is 4.98 Å². The minimum Gasteiger partial charge on any atom is -0.489 e. The average molecular weight is 489 g/mol. The lowest BCUT2D eigenvalue weighted by molar-refractivity contribution is 0.0118. The lowest BCUT2D eigenvalue weighted by Crippen LogP contribution is -2.27. The number of nitrogens with one attached hydrogen (secondary N) is 1. The van der Waals surface area contributed by atoms with Gasteiger partial charge in [0.2, 0.25) is 0 Å². The first kappa shape index (κ1) is 25.7. The molecule has 1 aromatic heterocycles. The first-order valence-corrected chi connectivity index (χ1v) is 12.7. The van der Waals surface area contributed by atoms with Crippen molar-refractivity contribution in [2.45, 2.75) is 77.3 Å². The lowest BCUT2D eigenvalue weighted by Gasteiger charge is -2.30. The Balaban J connectivity index is 1.29. The molecule has 6 heteroatoms. The van der Waals surface area contributed by atoms with E-state index in [1.807, 2.05) is 51.1 Å². The molecule has 1 heterocycles. The van der Waals surface area contributed by atoms with E-state index in [4.69, 9.17) is 14.2 Å². The minimum atomic E-state index is -0.563. The third-order valence-corrected chi connectivity index (χ3v) is 6.25. The highest BCUT2D eigenvalue weighted by molar-refractivity contribution is 5.85. The van der Waals surface area contributed by atoms with Gasteiger partial charge in [-0.2, -0.15) is 0 Å². The molecule has 1 aliphatic rings. The predicted molar refractivity (Wildman–Crippen MR) is 141 cm³/mol. The topological polar surface area (TPSA) is 69.7 Å². The molecule has 0 saturated heterocycles. The summed E-state index contributed by atoms with van der Waals surface area (Å²) in [5.41, 5.74) is 3.20. The second-order valence-corrected chi connectivity index (χ2v) is 10.2. The normalized spacial score (nSPS) is 17.9. The van der Waals surface area contributed by atoms with E-state index >= 15 is 0 Å². The number of aromatic nitrogens is 1. The van der Waals surface area contributed by atoms with Crippen LogP contribution < -0.4 is 10.1 Å². The Kier molecular flexibility index (Phi) is 8.60. The van der Waals surface area contributed by atoms with Crippen molar-refractivity contribution in [3.8, 4) is 5.75 Å². The molecule has 0 atom stereocenters. The number of benzene rings is 2. The van der Waals surface area contributed by atoms with Crippen molar-refractivity contribution in [3.05, 3.63) is 89.7 Å². The number of carbonyl (C=O) groups is 1. The van der Waals surface area contributed by atoms with Crippen LogP contribution in [0.3, 0.4) is 0 Å². The van der Waals surface area contributed by atoms with E-state index in [9.17, 15) is 4.79 Å². The van der Waals surface area contributed by atoms with Crippen LogP contribution in [0.4, 0.5) is 10.5 Å². The molecule has 1 N–H and O–H groups in total. The summed E-state index contributed by atoms with van der Waals surface area (Å²) in [6.07, 6.45) is 5.41. The van der Waals surface area contributed by atoms with E-state index in [1.165, 1.54) is 11.1 Å². The second-order valence-electron chi connectivity index (χ2n) is 10.2. The number of hydrogen-bond donors (Lipinski definition) is 1. The summed E-state index contributed by atoms with van der Waals surface area (Å²) < 4.78 is 17.8. The van der Waals surface area contributed by atoms with Crippen molar-refractivity contribution in [1.29, 1.82) is 0 Å². The van der Waals surface area contributed by atoms with Gasteiger partial charge < -0.3 is 14.2 Å². The van der Waals surface area contributed by atoms with Gasteiger partial charge in [-0.1, -0.05) is 48.5 Å². The molecular formula is C30H36N2O4. The van der Waals surface area contributed by atoms with Crippen molar-refractivity contribution < 1.29 is 19.0 Å². The van der Waals surface area contributed by atoms with Crippen molar-refractivity contribution in [2.24, 2.45) is 0 Å². The number of ether oxygens (including phenoxy) is 3. The molecule has 1 amide bonds. The van der Waals surface area contributed by atoms with Crippen LogP contribution in [-0.4, -0.2) is 22.8 Å². The van der Waals surface area contributed by atoms with Gasteiger partial charge in [0.15, 0.2) is 0 Å². The van der Waals surface area contributed by atoms with E-state index in [1.54, 1.807) is 12.3 Å². The Morgan fingerprint density at radius 3 is 2.39 bits per heavy atom. The number of nitrogens with zero attached hydrogens (tertiary/aromatic N) is 1. The third kappa shape index (κ3) is 7.56. The molecule has 1 saturated carbocycles. The largest absolute Gasteiger partial charge is 0.489 e. The van der Waals surface area contributed by atoms with Crippen LogP contribution in [0.1, 0.15) is 69.2 Å². The Labute approximate surface area is 214 Å². The highest BCUT2D eigenvalue weighted by Gasteiger charge is 2.25. The molecule has 3 aromatic rings. The molecule has 4 rings (SSSR count). The zero-order chi connectivity index (χ0) is 25.4. The third-order valence-electron chi connectivity index (χ3n) is 6.25. The molecule has 36 heavy (non-hydrogen) atoms. The summed E-state index contributed by atoms with van der Waals surface area (Å²) in [5, 5.41) is 2.80. The first-order chi connectivity index (χ1) is 17.4. The van der Waals surface area contributed by atoms with Gasteiger partial charge >= 0.3 is 6.09 Å². The second kappa shape index (κ2) is 12.0. The molecule has 1 aliphatic carbocycles. The van der Waals surface area contributed by atoms with Gasteiger partial charge in [0, 0.05) is 6.20 Å². The van der Waals surface area contributed by atoms with Crippen LogP contribution in [0.5, 0.6) is 5.75 Å². The Morgan fingerprint density at radius 2 is 1.64 bits per heavy atom. The highest BCUT2D eigenvalue weighted by Crippen LogP contribution is 2.38. The van der Waals surface area contributed by atoms with E-state index in [-0.39, 0.29) is 6.10 Å². The average Bonchev–Trinajstić information content (AvgIpc) is 2.87. The summed E-state index contributed by atoms with van der Waals surface area (Å²) >= 11 is 0. The monoisotopic (exact) mass is 488 g/mol. The first-order valence-electron chi connectivity index (χ1n) is 12.7. The fourth-order valence-corrected chi connectivity index (χ4v) is 4.50. The van der Waals surface area contributed by atoms with Gasteiger partial charge in [0.05, 0.1) is 24.1 Å². The molecule has 1 fully saturated rings. The molecule has 0 radical (unpaired) electrons. The van der Waals surface area contributed by atoms with Crippen LogP contribution in [0.2, 0.25) is 0 Å². The summed E-state index contributed by atoms with van der Waals surface area (Å²) in [5.74, 6) is 1.42. The molecule has 190 valence electrons. The maximum atomic E-state index is 12.2. The number of amides is 1. The van der Waals surface area contributed by atoms with Gasteiger partial charge in [-0.25, -0.2) is 4.79 Å². The summed E-state index contributed by atoms with van der Waals surface area (Å²) in [6, 6.07) is 22.3. The molecule has 2 aromatic carbocycles. The maximum Gasteiger partial charge on any atom is 0.412 e. The quantitative estimate of drug-likeness (QED) is 0.362. The Hall–Kier alpha value is -3.38. The van der Waals surface area contributed by atoms with Crippen molar-refractivity contribution in [2.75, 3.05) is 5.32 Å². The van der Waals surface area contributed by atoms with Crippen LogP contribution in [0, 0.1) is 0 Å². The molecule has 0 bridgehead atoms.